The van der Waals surface area contributed by atoms with Crippen LogP contribution in [0.3, 0.4) is 0 Å². The average Bonchev–Trinajstić information content (AvgIpc) is 2.38. The number of carboxylic acids is 1. The third-order valence-electron chi connectivity index (χ3n) is 2.92. The minimum absolute atomic E-state index is 0.141. The number of carboxylic acid groups (broad SMARTS) is 1. The van der Waals surface area contributed by atoms with Gasteiger partial charge in [-0.2, -0.15) is 0 Å². The Hall–Kier alpha value is -2.43. The lowest BCUT2D eigenvalue weighted by atomic mass is 10.1. The molecule has 2 rings (SSSR count). The highest BCUT2D eigenvalue weighted by atomic mass is 19.1. The van der Waals surface area contributed by atoms with Crippen LogP contribution in [0.1, 0.15) is 28.9 Å². The van der Waals surface area contributed by atoms with Gasteiger partial charge in [-0.15, -0.1) is 0 Å². The first-order valence-corrected chi connectivity index (χ1v) is 6.02. The standard InChI is InChI=1S/C15H13F2NO2/c1-9(13-6-5-11(16)8-14(13)17)18-12-4-2-3-10(7-12)15(19)20/h2-9,18H,1H3,(H,19,20). The van der Waals surface area contributed by atoms with E-state index in [1.807, 2.05) is 0 Å². The maximum absolute atomic E-state index is 13.6. The average molecular weight is 277 g/mol. The summed E-state index contributed by atoms with van der Waals surface area (Å²) in [5, 5.41) is 11.9. The fourth-order valence-corrected chi connectivity index (χ4v) is 1.92. The highest BCUT2D eigenvalue weighted by Crippen LogP contribution is 2.22. The smallest absolute Gasteiger partial charge is 0.335 e. The quantitative estimate of drug-likeness (QED) is 0.892. The molecule has 0 fully saturated rings. The molecule has 0 saturated carbocycles. The summed E-state index contributed by atoms with van der Waals surface area (Å²) in [5.74, 6) is -2.31. The Bertz CT molecular complexity index is 644. The van der Waals surface area contributed by atoms with Gasteiger partial charge in [-0.25, -0.2) is 13.6 Å². The van der Waals surface area contributed by atoms with Crippen molar-refractivity contribution in [3.05, 3.63) is 65.2 Å². The second-order valence-electron chi connectivity index (χ2n) is 4.42. The van der Waals surface area contributed by atoms with E-state index in [4.69, 9.17) is 5.11 Å². The van der Waals surface area contributed by atoms with Crippen molar-refractivity contribution in [3.63, 3.8) is 0 Å². The fraction of sp³-hybridized carbons (Fsp3) is 0.133. The predicted molar refractivity (Wildman–Crippen MR) is 71.8 cm³/mol. The maximum Gasteiger partial charge on any atom is 0.335 e. The molecule has 0 heterocycles. The van der Waals surface area contributed by atoms with Gasteiger partial charge in [-0.3, -0.25) is 0 Å². The van der Waals surface area contributed by atoms with Crippen LogP contribution in [0, 0.1) is 11.6 Å². The van der Waals surface area contributed by atoms with Gasteiger partial charge in [-0.1, -0.05) is 12.1 Å². The fourth-order valence-electron chi connectivity index (χ4n) is 1.92. The van der Waals surface area contributed by atoms with Gasteiger partial charge in [0.1, 0.15) is 11.6 Å². The lowest BCUT2D eigenvalue weighted by Gasteiger charge is -2.16. The molecule has 0 amide bonds. The van der Waals surface area contributed by atoms with Crippen LogP contribution in [0.5, 0.6) is 0 Å². The van der Waals surface area contributed by atoms with E-state index in [1.165, 1.54) is 24.3 Å². The van der Waals surface area contributed by atoms with Crippen molar-refractivity contribution in [2.24, 2.45) is 0 Å². The Morgan fingerprint density at radius 1 is 1.20 bits per heavy atom. The Morgan fingerprint density at radius 3 is 2.60 bits per heavy atom. The molecule has 1 atom stereocenters. The third kappa shape index (κ3) is 3.12. The molecule has 5 heteroatoms. The second kappa shape index (κ2) is 5.69. The number of hydrogen-bond donors (Lipinski definition) is 2. The van der Waals surface area contributed by atoms with E-state index in [0.717, 1.165) is 6.07 Å². The molecule has 0 aliphatic rings. The lowest BCUT2D eigenvalue weighted by Crippen LogP contribution is -2.09. The number of nitrogens with one attached hydrogen (secondary N) is 1. The van der Waals surface area contributed by atoms with E-state index in [-0.39, 0.29) is 5.56 Å². The molecular weight excluding hydrogens is 264 g/mol. The van der Waals surface area contributed by atoms with Gasteiger partial charge in [-0.05, 0) is 31.2 Å². The molecule has 1 unspecified atom stereocenters. The largest absolute Gasteiger partial charge is 0.478 e. The molecule has 20 heavy (non-hydrogen) atoms. The van der Waals surface area contributed by atoms with Crippen LogP contribution in [-0.2, 0) is 0 Å². The van der Waals surface area contributed by atoms with Crippen LogP contribution >= 0.6 is 0 Å². The van der Waals surface area contributed by atoms with Crippen molar-refractivity contribution in [2.75, 3.05) is 5.32 Å². The van der Waals surface area contributed by atoms with Crippen LogP contribution in [0.25, 0.3) is 0 Å². The summed E-state index contributed by atoms with van der Waals surface area (Å²) >= 11 is 0. The van der Waals surface area contributed by atoms with Gasteiger partial charge >= 0.3 is 5.97 Å². The molecule has 0 saturated heterocycles. The number of anilines is 1. The summed E-state index contributed by atoms with van der Waals surface area (Å²) in [6.07, 6.45) is 0. The molecule has 2 aromatic carbocycles. The first-order chi connectivity index (χ1) is 9.47. The van der Waals surface area contributed by atoms with Crippen molar-refractivity contribution in [1.29, 1.82) is 0 Å². The molecule has 0 spiro atoms. The monoisotopic (exact) mass is 277 g/mol. The van der Waals surface area contributed by atoms with E-state index in [0.29, 0.717) is 11.3 Å². The van der Waals surface area contributed by atoms with Crippen molar-refractivity contribution >= 4 is 11.7 Å². The Balaban J connectivity index is 2.21. The van der Waals surface area contributed by atoms with Gasteiger partial charge in [0.15, 0.2) is 0 Å². The van der Waals surface area contributed by atoms with Crippen molar-refractivity contribution in [1.82, 2.24) is 0 Å². The molecule has 0 radical (unpaired) electrons. The second-order valence-corrected chi connectivity index (χ2v) is 4.42. The summed E-state index contributed by atoms with van der Waals surface area (Å²) < 4.78 is 26.5. The van der Waals surface area contributed by atoms with E-state index in [2.05, 4.69) is 5.32 Å². The van der Waals surface area contributed by atoms with Gasteiger partial charge in [0, 0.05) is 17.3 Å². The molecule has 0 aliphatic heterocycles. The van der Waals surface area contributed by atoms with Crippen molar-refractivity contribution in [2.45, 2.75) is 13.0 Å². The van der Waals surface area contributed by atoms with Gasteiger partial charge < -0.3 is 10.4 Å². The van der Waals surface area contributed by atoms with Crippen molar-refractivity contribution in [3.8, 4) is 0 Å². The van der Waals surface area contributed by atoms with Gasteiger partial charge in [0.05, 0.1) is 11.6 Å². The molecule has 0 aliphatic carbocycles. The number of rotatable bonds is 4. The first kappa shape index (κ1) is 14.0. The summed E-state index contributed by atoms with van der Waals surface area (Å²) in [4.78, 5) is 10.9. The van der Waals surface area contributed by atoms with Crippen LogP contribution < -0.4 is 5.32 Å². The first-order valence-electron chi connectivity index (χ1n) is 6.02. The number of benzene rings is 2. The highest BCUT2D eigenvalue weighted by Gasteiger charge is 2.12. The maximum atomic E-state index is 13.6. The van der Waals surface area contributed by atoms with Crippen LogP contribution in [-0.4, -0.2) is 11.1 Å². The minimum Gasteiger partial charge on any atom is -0.478 e. The minimum atomic E-state index is -1.03. The van der Waals surface area contributed by atoms with Crippen LogP contribution in [0.2, 0.25) is 0 Å². The molecule has 2 N–H and O–H groups in total. The van der Waals surface area contributed by atoms with E-state index < -0.39 is 23.6 Å². The molecule has 0 bridgehead atoms. The molecule has 2 aromatic rings. The highest BCUT2D eigenvalue weighted by molar-refractivity contribution is 5.88. The number of aromatic carboxylic acids is 1. The van der Waals surface area contributed by atoms with Gasteiger partial charge in [0.25, 0.3) is 0 Å². The summed E-state index contributed by atoms with van der Waals surface area (Å²) in [6.45, 7) is 1.71. The van der Waals surface area contributed by atoms with Crippen LogP contribution in [0.4, 0.5) is 14.5 Å². The zero-order chi connectivity index (χ0) is 14.7. The predicted octanol–water partition coefficient (Wildman–Crippen LogP) is 3.84. The Morgan fingerprint density at radius 2 is 1.95 bits per heavy atom. The Kier molecular flexibility index (Phi) is 3.98. The molecule has 104 valence electrons. The zero-order valence-corrected chi connectivity index (χ0v) is 10.7. The summed E-state index contributed by atoms with van der Waals surface area (Å²) in [7, 11) is 0. The molecule has 3 nitrogen and oxygen atoms in total. The SMILES string of the molecule is CC(Nc1cccc(C(=O)O)c1)c1ccc(F)cc1F. The number of hydrogen-bond acceptors (Lipinski definition) is 2. The number of halogens is 2. The molecular formula is C15H13F2NO2. The van der Waals surface area contributed by atoms with Gasteiger partial charge in [0.2, 0.25) is 0 Å². The molecule has 0 aromatic heterocycles. The van der Waals surface area contributed by atoms with E-state index in [9.17, 15) is 13.6 Å². The van der Waals surface area contributed by atoms with E-state index in [1.54, 1.807) is 19.1 Å². The third-order valence-corrected chi connectivity index (χ3v) is 2.92. The van der Waals surface area contributed by atoms with Crippen molar-refractivity contribution < 1.29 is 18.7 Å². The topological polar surface area (TPSA) is 49.3 Å². The number of carbonyl (C=O) groups is 1. The summed E-state index contributed by atoms with van der Waals surface area (Å²) in [5.41, 5.74) is 1.01. The lowest BCUT2D eigenvalue weighted by molar-refractivity contribution is 0.0697. The normalized spacial score (nSPS) is 11.9. The van der Waals surface area contributed by atoms with Crippen LogP contribution in [0.15, 0.2) is 42.5 Å². The van der Waals surface area contributed by atoms with E-state index >= 15 is 0 Å². The zero-order valence-electron chi connectivity index (χ0n) is 10.7. The summed E-state index contributed by atoms with van der Waals surface area (Å²) in [6, 6.07) is 9.16. The Labute approximate surface area is 114 Å².